The van der Waals surface area contributed by atoms with Crippen molar-refractivity contribution in [3.05, 3.63) is 23.6 Å². The average Bonchev–Trinajstić information content (AvgIpc) is 2.46. The number of rotatable bonds is 2. The molecule has 1 atom stereocenters. The Labute approximate surface area is 126 Å². The summed E-state index contributed by atoms with van der Waals surface area (Å²) in [7, 11) is 0. The Morgan fingerprint density at radius 1 is 1.48 bits per heavy atom. The second-order valence-corrected chi connectivity index (χ2v) is 5.26. The predicted molar refractivity (Wildman–Crippen MR) is 78.7 cm³/mol. The van der Waals surface area contributed by atoms with Crippen molar-refractivity contribution >= 4 is 34.5 Å². The van der Waals surface area contributed by atoms with Gasteiger partial charge in [0.15, 0.2) is 5.82 Å². The van der Waals surface area contributed by atoms with E-state index in [-0.39, 0.29) is 11.3 Å². The van der Waals surface area contributed by atoms with Crippen LogP contribution in [0.15, 0.2) is 18.3 Å². The van der Waals surface area contributed by atoms with Gasteiger partial charge in [0.2, 0.25) is 5.28 Å². The molecule has 2 aromatic heterocycles. The van der Waals surface area contributed by atoms with Crippen molar-refractivity contribution in [2.45, 2.75) is 18.9 Å². The molecule has 7 nitrogen and oxygen atoms in total. The molecule has 1 amide bonds. The van der Waals surface area contributed by atoms with Crippen LogP contribution in [0, 0.1) is 0 Å². The summed E-state index contributed by atoms with van der Waals surface area (Å²) in [6, 6.07) is 3.50. The number of carbonyl (C=O) groups is 1. The average molecular weight is 308 g/mol. The van der Waals surface area contributed by atoms with Gasteiger partial charge in [-0.3, -0.25) is 4.98 Å². The predicted octanol–water partition coefficient (Wildman–Crippen LogP) is 1.91. The van der Waals surface area contributed by atoms with Gasteiger partial charge in [-0.05, 0) is 36.6 Å². The van der Waals surface area contributed by atoms with Gasteiger partial charge in [0.25, 0.3) is 0 Å². The number of hydrogen-bond acceptors (Lipinski definition) is 5. The minimum atomic E-state index is -1.01. The Kier molecular flexibility index (Phi) is 3.74. The lowest BCUT2D eigenvalue weighted by Crippen LogP contribution is -2.47. The highest BCUT2D eigenvalue weighted by atomic mass is 35.5. The molecule has 0 aliphatic carbocycles. The van der Waals surface area contributed by atoms with Gasteiger partial charge in [0, 0.05) is 25.3 Å². The Morgan fingerprint density at radius 3 is 3.14 bits per heavy atom. The third-order valence-electron chi connectivity index (χ3n) is 3.46. The van der Waals surface area contributed by atoms with Crippen molar-refractivity contribution in [3.8, 4) is 0 Å². The first-order valence-corrected chi connectivity index (χ1v) is 7.04. The number of piperidine rings is 1. The first-order chi connectivity index (χ1) is 10.1. The largest absolute Gasteiger partial charge is 0.465 e. The molecule has 0 radical (unpaired) electrons. The van der Waals surface area contributed by atoms with Gasteiger partial charge < -0.3 is 15.3 Å². The van der Waals surface area contributed by atoms with E-state index >= 15 is 0 Å². The van der Waals surface area contributed by atoms with Crippen LogP contribution >= 0.6 is 11.6 Å². The van der Waals surface area contributed by atoms with Crippen LogP contribution in [-0.2, 0) is 0 Å². The van der Waals surface area contributed by atoms with E-state index < -0.39 is 6.09 Å². The van der Waals surface area contributed by atoms with Crippen LogP contribution in [0.1, 0.15) is 12.8 Å². The molecule has 0 saturated carbocycles. The zero-order chi connectivity index (χ0) is 14.8. The Bertz CT molecular complexity index is 681. The van der Waals surface area contributed by atoms with Gasteiger partial charge in [-0.15, -0.1) is 0 Å². The Balaban J connectivity index is 1.94. The van der Waals surface area contributed by atoms with Gasteiger partial charge in [-0.25, -0.2) is 9.78 Å². The minimum Gasteiger partial charge on any atom is -0.465 e. The van der Waals surface area contributed by atoms with E-state index in [1.165, 1.54) is 0 Å². The molecule has 2 N–H and O–H groups in total. The molecule has 21 heavy (non-hydrogen) atoms. The summed E-state index contributed by atoms with van der Waals surface area (Å²) in [6.45, 7) is 1.34. The topological polar surface area (TPSA) is 91.2 Å². The molecule has 8 heteroatoms. The zero-order valence-corrected chi connectivity index (χ0v) is 11.9. The first kappa shape index (κ1) is 13.8. The van der Waals surface area contributed by atoms with Crippen LogP contribution in [0.2, 0.25) is 5.28 Å². The molecule has 3 rings (SSSR count). The standard InChI is InChI=1S/C13H14ClN5O2/c14-12-17-9-4-1-5-15-10(9)11(18-12)19-6-2-3-8(7-19)16-13(20)21/h1,4-5,8,16H,2-3,6-7H2,(H,20,21). The van der Waals surface area contributed by atoms with Gasteiger partial charge in [0.05, 0.1) is 5.52 Å². The maximum atomic E-state index is 10.8. The highest BCUT2D eigenvalue weighted by molar-refractivity contribution is 6.28. The summed E-state index contributed by atoms with van der Waals surface area (Å²) in [5.74, 6) is 0.655. The number of fused-ring (bicyclic) bond motifs is 1. The molecule has 0 aromatic carbocycles. The van der Waals surface area contributed by atoms with Gasteiger partial charge in [0.1, 0.15) is 5.52 Å². The lowest BCUT2D eigenvalue weighted by Gasteiger charge is -2.33. The number of carboxylic acid groups (broad SMARTS) is 1. The lowest BCUT2D eigenvalue weighted by molar-refractivity contribution is 0.188. The maximum absolute atomic E-state index is 10.8. The van der Waals surface area contributed by atoms with Crippen molar-refractivity contribution in [1.82, 2.24) is 20.3 Å². The molecular weight excluding hydrogens is 294 g/mol. The van der Waals surface area contributed by atoms with E-state index in [1.807, 2.05) is 11.0 Å². The van der Waals surface area contributed by atoms with Crippen molar-refractivity contribution in [3.63, 3.8) is 0 Å². The highest BCUT2D eigenvalue weighted by Gasteiger charge is 2.24. The molecule has 1 fully saturated rings. The van der Waals surface area contributed by atoms with Crippen LogP contribution in [0.5, 0.6) is 0 Å². The van der Waals surface area contributed by atoms with Crippen molar-refractivity contribution < 1.29 is 9.90 Å². The number of amides is 1. The van der Waals surface area contributed by atoms with E-state index in [2.05, 4.69) is 20.3 Å². The van der Waals surface area contributed by atoms with Crippen molar-refractivity contribution in [1.29, 1.82) is 0 Å². The van der Waals surface area contributed by atoms with Crippen LogP contribution in [0.3, 0.4) is 0 Å². The quantitative estimate of drug-likeness (QED) is 0.824. The van der Waals surface area contributed by atoms with Crippen LogP contribution in [0.4, 0.5) is 10.6 Å². The summed E-state index contributed by atoms with van der Waals surface area (Å²) in [5, 5.41) is 11.5. The molecule has 1 saturated heterocycles. The number of hydrogen-bond donors (Lipinski definition) is 2. The number of pyridine rings is 1. The molecule has 3 heterocycles. The van der Waals surface area contributed by atoms with E-state index in [0.29, 0.717) is 23.4 Å². The third kappa shape index (κ3) is 2.97. The van der Waals surface area contributed by atoms with Crippen molar-refractivity contribution in [2.75, 3.05) is 18.0 Å². The van der Waals surface area contributed by atoms with Crippen LogP contribution in [-0.4, -0.2) is 45.3 Å². The second kappa shape index (κ2) is 5.69. The fraction of sp³-hybridized carbons (Fsp3) is 0.385. The normalized spacial score (nSPS) is 18.7. The van der Waals surface area contributed by atoms with E-state index in [1.54, 1.807) is 12.3 Å². The minimum absolute atomic E-state index is 0.122. The lowest BCUT2D eigenvalue weighted by atomic mass is 10.1. The molecule has 2 aromatic rings. The van der Waals surface area contributed by atoms with Gasteiger partial charge >= 0.3 is 6.09 Å². The SMILES string of the molecule is O=C(O)NC1CCCN(c2nc(Cl)nc3cccnc23)C1. The molecule has 110 valence electrons. The van der Waals surface area contributed by atoms with E-state index in [4.69, 9.17) is 16.7 Å². The number of anilines is 1. The number of nitrogens with zero attached hydrogens (tertiary/aromatic N) is 4. The monoisotopic (exact) mass is 307 g/mol. The number of nitrogens with one attached hydrogen (secondary N) is 1. The number of halogens is 1. The summed E-state index contributed by atoms with van der Waals surface area (Å²) >= 11 is 5.98. The van der Waals surface area contributed by atoms with E-state index in [9.17, 15) is 4.79 Å². The maximum Gasteiger partial charge on any atom is 0.404 e. The fourth-order valence-electron chi connectivity index (χ4n) is 2.61. The summed E-state index contributed by atoms with van der Waals surface area (Å²) in [6.07, 6.45) is 2.36. The third-order valence-corrected chi connectivity index (χ3v) is 3.63. The first-order valence-electron chi connectivity index (χ1n) is 6.66. The second-order valence-electron chi connectivity index (χ2n) is 4.92. The molecular formula is C13H14ClN5O2. The summed E-state index contributed by atoms with van der Waals surface area (Å²) in [4.78, 5) is 25.6. The van der Waals surface area contributed by atoms with Crippen molar-refractivity contribution in [2.24, 2.45) is 0 Å². The smallest absolute Gasteiger partial charge is 0.404 e. The van der Waals surface area contributed by atoms with Crippen LogP contribution < -0.4 is 10.2 Å². The zero-order valence-electron chi connectivity index (χ0n) is 11.2. The van der Waals surface area contributed by atoms with Crippen LogP contribution in [0.25, 0.3) is 11.0 Å². The van der Waals surface area contributed by atoms with E-state index in [0.717, 1.165) is 19.4 Å². The summed E-state index contributed by atoms with van der Waals surface area (Å²) < 4.78 is 0. The van der Waals surface area contributed by atoms with Gasteiger partial charge in [-0.2, -0.15) is 4.98 Å². The summed E-state index contributed by atoms with van der Waals surface area (Å²) in [5.41, 5.74) is 1.36. The highest BCUT2D eigenvalue weighted by Crippen LogP contribution is 2.26. The molecule has 1 unspecified atom stereocenters. The Morgan fingerprint density at radius 2 is 2.33 bits per heavy atom. The Hall–Kier alpha value is -2.15. The number of aromatic nitrogens is 3. The fourth-order valence-corrected chi connectivity index (χ4v) is 2.78. The molecule has 1 aliphatic heterocycles. The van der Waals surface area contributed by atoms with Gasteiger partial charge in [-0.1, -0.05) is 0 Å². The molecule has 0 bridgehead atoms. The molecule has 1 aliphatic rings. The molecule has 0 spiro atoms.